The molecule has 1 aromatic heterocycles. The van der Waals surface area contributed by atoms with E-state index in [1.165, 1.54) is 0 Å². The van der Waals surface area contributed by atoms with Crippen LogP contribution in [0.1, 0.15) is 36.5 Å². The molecule has 2 aromatic rings. The molecule has 17 heavy (non-hydrogen) atoms. The third-order valence-corrected chi connectivity index (χ3v) is 2.79. The van der Waals surface area contributed by atoms with Gasteiger partial charge in [0.05, 0.1) is 12.2 Å². The van der Waals surface area contributed by atoms with Crippen molar-refractivity contribution >= 4 is 16.9 Å². The van der Waals surface area contributed by atoms with Crippen molar-refractivity contribution in [1.82, 2.24) is 4.98 Å². The van der Waals surface area contributed by atoms with Crippen LogP contribution in [0.2, 0.25) is 0 Å². The molecule has 0 atom stereocenters. The van der Waals surface area contributed by atoms with Gasteiger partial charge in [0, 0.05) is 17.1 Å². The fourth-order valence-electron chi connectivity index (χ4n) is 1.84. The summed E-state index contributed by atoms with van der Waals surface area (Å²) >= 11 is 0. The molecule has 0 unspecified atom stereocenters. The number of carbonyl (C=O) groups excluding carboxylic acids is 1. The van der Waals surface area contributed by atoms with Gasteiger partial charge in [-0.05, 0) is 12.5 Å². The molecular formula is C14H17NO2. The smallest absolute Gasteiger partial charge is 0.340 e. The number of benzene rings is 1. The van der Waals surface area contributed by atoms with Crippen molar-refractivity contribution in [1.29, 1.82) is 0 Å². The molecule has 0 radical (unpaired) electrons. The Bertz CT molecular complexity index is 502. The minimum absolute atomic E-state index is 0.237. The first-order chi connectivity index (χ1) is 8.33. The SMILES string of the molecule is CCCCCOC(=O)c1c[nH]c2ccccc12. The van der Waals surface area contributed by atoms with Crippen LogP contribution in [0.3, 0.4) is 0 Å². The van der Waals surface area contributed by atoms with E-state index in [-0.39, 0.29) is 5.97 Å². The van der Waals surface area contributed by atoms with Gasteiger partial charge in [-0.15, -0.1) is 0 Å². The highest BCUT2D eigenvalue weighted by molar-refractivity contribution is 6.03. The lowest BCUT2D eigenvalue weighted by atomic mass is 10.2. The van der Waals surface area contributed by atoms with Gasteiger partial charge < -0.3 is 9.72 Å². The summed E-state index contributed by atoms with van der Waals surface area (Å²) in [5, 5.41) is 0.924. The fraction of sp³-hybridized carbons (Fsp3) is 0.357. The Labute approximate surface area is 101 Å². The van der Waals surface area contributed by atoms with Crippen LogP contribution in [-0.4, -0.2) is 17.6 Å². The zero-order valence-electron chi connectivity index (χ0n) is 10.0. The van der Waals surface area contributed by atoms with Crippen LogP contribution in [0.5, 0.6) is 0 Å². The highest BCUT2D eigenvalue weighted by Crippen LogP contribution is 2.18. The molecule has 0 aliphatic rings. The van der Waals surface area contributed by atoms with E-state index in [1.807, 2.05) is 24.3 Å². The third-order valence-electron chi connectivity index (χ3n) is 2.79. The highest BCUT2D eigenvalue weighted by Gasteiger charge is 2.12. The van der Waals surface area contributed by atoms with Crippen LogP contribution in [0, 0.1) is 0 Å². The molecule has 0 aliphatic carbocycles. The lowest BCUT2D eigenvalue weighted by Crippen LogP contribution is -2.05. The van der Waals surface area contributed by atoms with E-state index in [2.05, 4.69) is 11.9 Å². The maximum absolute atomic E-state index is 11.8. The van der Waals surface area contributed by atoms with Crippen molar-refractivity contribution in [3.8, 4) is 0 Å². The minimum atomic E-state index is -0.237. The molecule has 2 rings (SSSR count). The van der Waals surface area contributed by atoms with E-state index in [0.29, 0.717) is 12.2 Å². The summed E-state index contributed by atoms with van der Waals surface area (Å²) in [5.74, 6) is -0.237. The summed E-state index contributed by atoms with van der Waals surface area (Å²) in [5.41, 5.74) is 1.59. The Morgan fingerprint density at radius 2 is 2.12 bits per heavy atom. The predicted molar refractivity (Wildman–Crippen MR) is 68.1 cm³/mol. The molecule has 0 spiro atoms. The number of ether oxygens (including phenoxy) is 1. The van der Waals surface area contributed by atoms with Gasteiger partial charge in [0.2, 0.25) is 0 Å². The number of hydrogen-bond acceptors (Lipinski definition) is 2. The molecule has 1 N–H and O–H groups in total. The molecule has 1 heterocycles. The van der Waals surface area contributed by atoms with Crippen molar-refractivity contribution in [2.45, 2.75) is 26.2 Å². The normalized spacial score (nSPS) is 10.6. The number of carbonyl (C=O) groups is 1. The number of rotatable bonds is 5. The summed E-state index contributed by atoms with van der Waals surface area (Å²) in [6, 6.07) is 7.73. The lowest BCUT2D eigenvalue weighted by Gasteiger charge is -2.02. The van der Waals surface area contributed by atoms with Gasteiger partial charge in [-0.2, -0.15) is 0 Å². The van der Waals surface area contributed by atoms with Gasteiger partial charge >= 0.3 is 5.97 Å². The van der Waals surface area contributed by atoms with E-state index in [1.54, 1.807) is 6.20 Å². The number of H-pyrrole nitrogens is 1. The monoisotopic (exact) mass is 231 g/mol. The molecule has 0 bridgehead atoms. The van der Waals surface area contributed by atoms with Crippen molar-refractivity contribution < 1.29 is 9.53 Å². The molecule has 0 saturated heterocycles. The van der Waals surface area contributed by atoms with Crippen molar-refractivity contribution in [2.24, 2.45) is 0 Å². The number of nitrogens with one attached hydrogen (secondary N) is 1. The number of esters is 1. The lowest BCUT2D eigenvalue weighted by molar-refractivity contribution is 0.0500. The average Bonchev–Trinajstić information content (AvgIpc) is 2.78. The maximum atomic E-state index is 11.8. The number of aromatic amines is 1. The Hall–Kier alpha value is -1.77. The topological polar surface area (TPSA) is 42.1 Å². The van der Waals surface area contributed by atoms with Crippen LogP contribution >= 0.6 is 0 Å². The molecule has 0 saturated carbocycles. The highest BCUT2D eigenvalue weighted by atomic mass is 16.5. The second kappa shape index (κ2) is 5.53. The Kier molecular flexibility index (Phi) is 3.81. The van der Waals surface area contributed by atoms with Crippen LogP contribution < -0.4 is 0 Å². The fourth-order valence-corrected chi connectivity index (χ4v) is 1.84. The zero-order chi connectivity index (χ0) is 12.1. The van der Waals surface area contributed by atoms with Crippen LogP contribution in [0.4, 0.5) is 0 Å². The number of unbranched alkanes of at least 4 members (excludes halogenated alkanes) is 2. The largest absolute Gasteiger partial charge is 0.462 e. The van der Waals surface area contributed by atoms with E-state index in [0.717, 1.165) is 30.2 Å². The van der Waals surface area contributed by atoms with Crippen LogP contribution in [-0.2, 0) is 4.74 Å². The van der Waals surface area contributed by atoms with Crippen LogP contribution in [0.15, 0.2) is 30.5 Å². The van der Waals surface area contributed by atoms with Gasteiger partial charge in [0.1, 0.15) is 0 Å². The quantitative estimate of drug-likeness (QED) is 0.632. The predicted octanol–water partition coefficient (Wildman–Crippen LogP) is 3.51. The molecule has 1 aromatic carbocycles. The van der Waals surface area contributed by atoms with Gasteiger partial charge in [0.25, 0.3) is 0 Å². The standard InChI is InChI=1S/C14H17NO2/c1-2-3-6-9-17-14(16)12-10-15-13-8-5-4-7-11(12)13/h4-5,7-8,10,15H,2-3,6,9H2,1H3. The van der Waals surface area contributed by atoms with Crippen molar-refractivity contribution in [3.63, 3.8) is 0 Å². The van der Waals surface area contributed by atoms with Crippen molar-refractivity contribution in [3.05, 3.63) is 36.0 Å². The van der Waals surface area contributed by atoms with Gasteiger partial charge in [-0.1, -0.05) is 38.0 Å². The van der Waals surface area contributed by atoms with E-state index in [4.69, 9.17) is 4.74 Å². The average molecular weight is 231 g/mol. The van der Waals surface area contributed by atoms with Gasteiger partial charge in [-0.25, -0.2) is 4.79 Å². The van der Waals surface area contributed by atoms with Crippen LogP contribution in [0.25, 0.3) is 10.9 Å². The van der Waals surface area contributed by atoms with Gasteiger partial charge in [-0.3, -0.25) is 0 Å². The molecule has 0 fully saturated rings. The first-order valence-electron chi connectivity index (χ1n) is 6.06. The van der Waals surface area contributed by atoms with Gasteiger partial charge in [0.15, 0.2) is 0 Å². The number of fused-ring (bicyclic) bond motifs is 1. The summed E-state index contributed by atoms with van der Waals surface area (Å²) in [6.07, 6.45) is 4.88. The molecule has 3 heteroatoms. The molecule has 3 nitrogen and oxygen atoms in total. The Morgan fingerprint density at radius 1 is 1.29 bits per heavy atom. The summed E-state index contributed by atoms with van der Waals surface area (Å²) in [6.45, 7) is 2.63. The molecule has 90 valence electrons. The van der Waals surface area contributed by atoms with Crippen molar-refractivity contribution in [2.75, 3.05) is 6.61 Å². The third kappa shape index (κ3) is 2.67. The first-order valence-corrected chi connectivity index (χ1v) is 6.06. The number of hydrogen-bond donors (Lipinski definition) is 1. The summed E-state index contributed by atoms with van der Waals surface area (Å²) < 4.78 is 5.24. The summed E-state index contributed by atoms with van der Waals surface area (Å²) in [4.78, 5) is 14.9. The molecular weight excluding hydrogens is 214 g/mol. The van der Waals surface area contributed by atoms with E-state index < -0.39 is 0 Å². The van der Waals surface area contributed by atoms with E-state index in [9.17, 15) is 4.79 Å². The number of aromatic nitrogens is 1. The maximum Gasteiger partial charge on any atom is 0.340 e. The summed E-state index contributed by atoms with van der Waals surface area (Å²) in [7, 11) is 0. The first kappa shape index (κ1) is 11.7. The Morgan fingerprint density at radius 3 is 2.94 bits per heavy atom. The Balaban J connectivity index is 2.04. The van der Waals surface area contributed by atoms with E-state index >= 15 is 0 Å². The number of para-hydroxylation sites is 1. The second-order valence-electron chi connectivity index (χ2n) is 4.09. The second-order valence-corrected chi connectivity index (χ2v) is 4.09. The minimum Gasteiger partial charge on any atom is -0.462 e. The molecule has 0 aliphatic heterocycles. The zero-order valence-corrected chi connectivity index (χ0v) is 10.0. The molecule has 0 amide bonds.